The number of fused-ring (bicyclic) bond motifs is 1. The molecule has 4 nitrogen and oxygen atoms in total. The Morgan fingerprint density at radius 3 is 3.04 bits per heavy atom. The van der Waals surface area contributed by atoms with Crippen LogP contribution in [0.4, 0.5) is 0 Å². The van der Waals surface area contributed by atoms with Crippen molar-refractivity contribution >= 4 is 28.9 Å². The van der Waals surface area contributed by atoms with Crippen LogP contribution in [0.25, 0.3) is 10.8 Å². The molecule has 0 aliphatic heterocycles. The number of aryl methyl sites for hydroxylation is 1. The van der Waals surface area contributed by atoms with E-state index in [1.807, 2.05) is 0 Å². The minimum absolute atomic E-state index is 0.00515. The van der Waals surface area contributed by atoms with Crippen LogP contribution in [-0.2, 0) is 17.6 Å². The highest BCUT2D eigenvalue weighted by molar-refractivity contribution is 8.00. The molecular formula is C17H20N2O2S2. The average Bonchev–Trinajstić information content (AvgIpc) is 3.15. The Kier molecular flexibility index (Phi) is 4.28. The first-order chi connectivity index (χ1) is 11.2. The predicted molar refractivity (Wildman–Crippen MR) is 91.9 cm³/mol. The van der Waals surface area contributed by atoms with Gasteiger partial charge < -0.3 is 4.42 Å². The normalized spacial score (nSPS) is 24.7. The molecule has 2 aromatic rings. The maximum atomic E-state index is 11.9. The number of thiophene rings is 1. The molecule has 1 saturated carbocycles. The molecule has 2 aromatic heterocycles. The zero-order valence-corrected chi connectivity index (χ0v) is 14.8. The predicted octanol–water partition coefficient (Wildman–Crippen LogP) is 4.53. The minimum Gasteiger partial charge on any atom is -0.410 e. The monoisotopic (exact) mass is 348 g/mol. The van der Waals surface area contributed by atoms with Crippen molar-refractivity contribution in [3.8, 4) is 10.8 Å². The first-order valence-electron chi connectivity index (χ1n) is 8.34. The Hall–Kier alpha value is -1.14. The number of aromatic nitrogens is 2. The van der Waals surface area contributed by atoms with E-state index in [9.17, 15) is 4.79 Å². The molecule has 122 valence electrons. The van der Waals surface area contributed by atoms with E-state index in [-0.39, 0.29) is 5.25 Å². The molecule has 1 fully saturated rings. The number of ketones is 1. The summed E-state index contributed by atoms with van der Waals surface area (Å²) in [6, 6.07) is 2.21. The van der Waals surface area contributed by atoms with E-state index in [2.05, 4.69) is 23.2 Å². The molecule has 0 spiro atoms. The summed E-state index contributed by atoms with van der Waals surface area (Å²) >= 11 is 3.22. The van der Waals surface area contributed by atoms with Gasteiger partial charge in [-0.1, -0.05) is 25.1 Å². The molecule has 2 atom stereocenters. The molecule has 0 saturated heterocycles. The van der Waals surface area contributed by atoms with Gasteiger partial charge in [0.15, 0.2) is 0 Å². The Balaban J connectivity index is 1.50. The fourth-order valence-corrected chi connectivity index (χ4v) is 5.49. The fourth-order valence-electron chi connectivity index (χ4n) is 3.37. The highest BCUT2D eigenvalue weighted by atomic mass is 32.2. The van der Waals surface area contributed by atoms with E-state index < -0.39 is 0 Å². The maximum absolute atomic E-state index is 11.9. The topological polar surface area (TPSA) is 56.0 Å². The lowest BCUT2D eigenvalue weighted by Crippen LogP contribution is -2.21. The van der Waals surface area contributed by atoms with Gasteiger partial charge in [-0.05, 0) is 49.7 Å². The number of nitrogens with zero attached hydrogens (tertiary/aromatic N) is 2. The van der Waals surface area contributed by atoms with Gasteiger partial charge in [0.1, 0.15) is 5.78 Å². The molecule has 4 rings (SSSR count). The summed E-state index contributed by atoms with van der Waals surface area (Å²) in [5.74, 6) is 1.68. The van der Waals surface area contributed by atoms with Gasteiger partial charge in [-0.25, -0.2) is 0 Å². The van der Waals surface area contributed by atoms with E-state index in [0.717, 1.165) is 42.9 Å². The summed E-state index contributed by atoms with van der Waals surface area (Å²) in [5, 5.41) is 8.87. The molecule has 2 aliphatic rings. The quantitative estimate of drug-likeness (QED) is 0.816. The van der Waals surface area contributed by atoms with Crippen molar-refractivity contribution in [2.24, 2.45) is 5.92 Å². The van der Waals surface area contributed by atoms with Crippen LogP contribution < -0.4 is 0 Å². The maximum Gasteiger partial charge on any atom is 0.277 e. The van der Waals surface area contributed by atoms with Crippen LogP contribution in [0.2, 0.25) is 0 Å². The van der Waals surface area contributed by atoms with Crippen molar-refractivity contribution in [3.63, 3.8) is 0 Å². The third-order valence-electron chi connectivity index (χ3n) is 4.69. The van der Waals surface area contributed by atoms with Crippen molar-refractivity contribution in [3.05, 3.63) is 16.5 Å². The van der Waals surface area contributed by atoms with Crippen LogP contribution in [0, 0.1) is 5.92 Å². The first-order valence-corrected chi connectivity index (χ1v) is 10.0. The molecule has 0 bridgehead atoms. The van der Waals surface area contributed by atoms with Crippen LogP contribution in [-0.4, -0.2) is 21.2 Å². The van der Waals surface area contributed by atoms with Gasteiger partial charge in [-0.2, -0.15) is 0 Å². The van der Waals surface area contributed by atoms with E-state index in [1.165, 1.54) is 28.6 Å². The summed E-state index contributed by atoms with van der Waals surface area (Å²) in [7, 11) is 0. The largest absolute Gasteiger partial charge is 0.410 e. The molecular weight excluding hydrogens is 328 g/mol. The van der Waals surface area contributed by atoms with Gasteiger partial charge >= 0.3 is 0 Å². The van der Waals surface area contributed by atoms with Gasteiger partial charge in [-0.15, -0.1) is 21.5 Å². The Morgan fingerprint density at radius 2 is 2.17 bits per heavy atom. The smallest absolute Gasteiger partial charge is 0.277 e. The molecule has 0 aromatic carbocycles. The van der Waals surface area contributed by atoms with Crippen LogP contribution in [0.3, 0.4) is 0 Å². The first kappa shape index (κ1) is 15.4. The minimum atomic E-state index is -0.00515. The summed E-state index contributed by atoms with van der Waals surface area (Å²) in [4.78, 5) is 14.5. The zero-order chi connectivity index (χ0) is 15.8. The van der Waals surface area contributed by atoms with Gasteiger partial charge in [0, 0.05) is 11.3 Å². The number of rotatable bonds is 3. The average molecular weight is 348 g/mol. The van der Waals surface area contributed by atoms with E-state index in [1.54, 1.807) is 11.3 Å². The summed E-state index contributed by atoms with van der Waals surface area (Å²) < 4.78 is 5.82. The van der Waals surface area contributed by atoms with Crippen LogP contribution in [0.5, 0.6) is 0 Å². The number of Topliss-reactive ketones (excluding diaryl/α,β-unsaturated/α-hetero) is 1. The zero-order valence-electron chi connectivity index (χ0n) is 13.2. The van der Waals surface area contributed by atoms with E-state index >= 15 is 0 Å². The Morgan fingerprint density at radius 1 is 1.26 bits per heavy atom. The second-order valence-electron chi connectivity index (χ2n) is 6.60. The number of carbonyl (C=O) groups excluding carboxylic acids is 1. The Labute approximate surface area is 144 Å². The summed E-state index contributed by atoms with van der Waals surface area (Å²) in [6.45, 7) is 2.31. The van der Waals surface area contributed by atoms with E-state index in [4.69, 9.17) is 4.42 Å². The lowest BCUT2D eigenvalue weighted by molar-refractivity contribution is -0.119. The van der Waals surface area contributed by atoms with Gasteiger partial charge in [0.2, 0.25) is 0 Å². The third-order valence-corrected chi connectivity index (χ3v) is 7.06. The lowest BCUT2D eigenvalue weighted by atomic mass is 9.90. The molecule has 0 unspecified atom stereocenters. The summed E-state index contributed by atoms with van der Waals surface area (Å²) in [5.41, 5.74) is 1.44. The summed E-state index contributed by atoms with van der Waals surface area (Å²) in [6.07, 6.45) is 7.32. The van der Waals surface area contributed by atoms with Gasteiger partial charge in [0.25, 0.3) is 11.1 Å². The molecule has 23 heavy (non-hydrogen) atoms. The Bertz CT molecular complexity index is 722. The second kappa shape index (κ2) is 6.40. The molecule has 6 heteroatoms. The fraction of sp³-hybridized carbons (Fsp3) is 0.588. The van der Waals surface area contributed by atoms with Crippen molar-refractivity contribution in [1.29, 1.82) is 0 Å². The van der Waals surface area contributed by atoms with Crippen molar-refractivity contribution in [2.75, 3.05) is 0 Å². The van der Waals surface area contributed by atoms with Crippen LogP contribution in [0.15, 0.2) is 15.7 Å². The molecule has 2 aliphatic carbocycles. The van der Waals surface area contributed by atoms with Crippen LogP contribution >= 0.6 is 23.1 Å². The van der Waals surface area contributed by atoms with Crippen molar-refractivity contribution < 1.29 is 9.21 Å². The SMILES string of the molecule is C[C@H]1CCc2sc(-c3nnc(S[C@@H]4CCCCC4=O)o3)cc2C1. The highest BCUT2D eigenvalue weighted by Gasteiger charge is 2.26. The van der Waals surface area contributed by atoms with Crippen LogP contribution in [0.1, 0.15) is 49.5 Å². The van der Waals surface area contributed by atoms with Gasteiger partial charge in [0.05, 0.1) is 10.1 Å². The lowest BCUT2D eigenvalue weighted by Gasteiger charge is -2.17. The number of carbonyl (C=O) groups is 1. The molecule has 2 heterocycles. The number of hydrogen-bond donors (Lipinski definition) is 0. The standard InChI is InChI=1S/C17H20N2O2S2/c1-10-6-7-13-11(8-10)9-15(22-13)16-18-19-17(21-16)23-14-5-3-2-4-12(14)20/h9-10,14H,2-8H2,1H3/t10-,14+/m0/s1. The number of thioether (sulfide) groups is 1. The highest BCUT2D eigenvalue weighted by Crippen LogP contribution is 2.38. The van der Waals surface area contributed by atoms with Crippen molar-refractivity contribution in [1.82, 2.24) is 10.2 Å². The van der Waals surface area contributed by atoms with Crippen molar-refractivity contribution in [2.45, 2.75) is 62.3 Å². The second-order valence-corrected chi connectivity index (χ2v) is 8.89. The molecule has 0 N–H and O–H groups in total. The van der Waals surface area contributed by atoms with E-state index in [0.29, 0.717) is 23.3 Å². The third kappa shape index (κ3) is 3.24. The number of hydrogen-bond acceptors (Lipinski definition) is 6. The van der Waals surface area contributed by atoms with Gasteiger partial charge in [-0.3, -0.25) is 4.79 Å². The molecule has 0 amide bonds. The molecule has 0 radical (unpaired) electrons.